The van der Waals surface area contributed by atoms with E-state index in [0.29, 0.717) is 12.1 Å². The van der Waals surface area contributed by atoms with Crippen molar-refractivity contribution in [1.29, 1.82) is 0 Å². The summed E-state index contributed by atoms with van der Waals surface area (Å²) in [5.74, 6) is -0.919. The van der Waals surface area contributed by atoms with Gasteiger partial charge in [0.1, 0.15) is 0 Å². The summed E-state index contributed by atoms with van der Waals surface area (Å²) < 4.78 is 12.5. The third kappa shape index (κ3) is 2.02. The molecule has 0 spiro atoms. The van der Waals surface area contributed by atoms with E-state index in [0.717, 1.165) is 6.07 Å². The van der Waals surface area contributed by atoms with Gasteiger partial charge in [-0.05, 0) is 13.0 Å². The Balaban J connectivity index is 2.81. The molecule has 0 radical (unpaired) electrons. The average Bonchev–Trinajstić information content (AvgIpc) is 2.05. The zero-order valence-electron chi connectivity index (χ0n) is 6.67. The number of pyridine rings is 1. The molecule has 1 heterocycles. The SMILES string of the molecule is CCNC(=O)c1ccnc(F)c1. The van der Waals surface area contributed by atoms with E-state index in [1.54, 1.807) is 6.92 Å². The second kappa shape index (κ2) is 3.80. The molecule has 4 heteroatoms. The summed E-state index contributed by atoms with van der Waals surface area (Å²) in [6.07, 6.45) is 1.26. The van der Waals surface area contributed by atoms with Crippen molar-refractivity contribution in [2.45, 2.75) is 6.92 Å². The van der Waals surface area contributed by atoms with Crippen molar-refractivity contribution in [3.63, 3.8) is 0 Å². The lowest BCUT2D eigenvalue weighted by Crippen LogP contribution is -2.22. The van der Waals surface area contributed by atoms with Gasteiger partial charge >= 0.3 is 0 Å². The third-order valence-corrected chi connectivity index (χ3v) is 1.33. The highest BCUT2D eigenvalue weighted by Crippen LogP contribution is 1.99. The van der Waals surface area contributed by atoms with Crippen LogP contribution in [-0.4, -0.2) is 17.4 Å². The molecule has 0 bridgehead atoms. The molecule has 3 nitrogen and oxygen atoms in total. The summed E-state index contributed by atoms with van der Waals surface area (Å²) in [5, 5.41) is 2.56. The molecule has 64 valence electrons. The van der Waals surface area contributed by atoms with Crippen molar-refractivity contribution in [1.82, 2.24) is 10.3 Å². The Labute approximate surface area is 69.6 Å². The monoisotopic (exact) mass is 168 g/mol. The van der Waals surface area contributed by atoms with Crippen molar-refractivity contribution in [2.24, 2.45) is 0 Å². The molecule has 1 N–H and O–H groups in total. The summed E-state index contributed by atoms with van der Waals surface area (Å²) in [6.45, 7) is 2.33. The second-order valence-corrected chi connectivity index (χ2v) is 2.23. The molecule has 0 aromatic carbocycles. The van der Waals surface area contributed by atoms with Crippen LogP contribution in [0.5, 0.6) is 0 Å². The van der Waals surface area contributed by atoms with Gasteiger partial charge in [0.25, 0.3) is 5.91 Å². The number of carbonyl (C=O) groups is 1. The van der Waals surface area contributed by atoms with Crippen LogP contribution in [0.15, 0.2) is 18.3 Å². The molecule has 0 fully saturated rings. The summed E-state index contributed by atoms with van der Waals surface area (Å²) in [5.41, 5.74) is 0.296. The Hall–Kier alpha value is -1.45. The number of nitrogens with one attached hydrogen (secondary N) is 1. The zero-order chi connectivity index (χ0) is 8.97. The number of hydrogen-bond donors (Lipinski definition) is 1. The standard InChI is InChI=1S/C8H9FN2O/c1-2-10-8(12)6-3-4-11-7(9)5-6/h3-5H,2H2,1H3,(H,10,12). The zero-order valence-corrected chi connectivity index (χ0v) is 6.67. The quantitative estimate of drug-likeness (QED) is 0.668. The van der Waals surface area contributed by atoms with Gasteiger partial charge in [-0.15, -0.1) is 0 Å². The number of amides is 1. The average molecular weight is 168 g/mol. The molecule has 0 atom stereocenters. The first-order valence-electron chi connectivity index (χ1n) is 3.63. The summed E-state index contributed by atoms with van der Waals surface area (Å²) in [6, 6.07) is 2.57. The van der Waals surface area contributed by atoms with Gasteiger partial charge in [0.05, 0.1) is 0 Å². The minimum atomic E-state index is -0.640. The van der Waals surface area contributed by atoms with Gasteiger partial charge in [0.2, 0.25) is 5.95 Å². The minimum absolute atomic E-state index is 0.279. The van der Waals surface area contributed by atoms with Crippen LogP contribution in [0.4, 0.5) is 4.39 Å². The Morgan fingerprint density at radius 2 is 2.50 bits per heavy atom. The molecule has 0 saturated carbocycles. The highest BCUT2D eigenvalue weighted by atomic mass is 19.1. The van der Waals surface area contributed by atoms with Gasteiger partial charge in [-0.1, -0.05) is 0 Å². The Morgan fingerprint density at radius 3 is 3.08 bits per heavy atom. The Morgan fingerprint density at radius 1 is 1.75 bits per heavy atom. The van der Waals surface area contributed by atoms with E-state index in [1.807, 2.05) is 0 Å². The predicted octanol–water partition coefficient (Wildman–Crippen LogP) is 0.970. The van der Waals surface area contributed by atoms with E-state index in [2.05, 4.69) is 10.3 Å². The van der Waals surface area contributed by atoms with Gasteiger partial charge in [0.15, 0.2) is 0 Å². The molecule has 0 saturated heterocycles. The van der Waals surface area contributed by atoms with Crippen molar-refractivity contribution < 1.29 is 9.18 Å². The lowest BCUT2D eigenvalue weighted by Gasteiger charge is -2.00. The fraction of sp³-hybridized carbons (Fsp3) is 0.250. The van der Waals surface area contributed by atoms with Crippen LogP contribution in [0.3, 0.4) is 0 Å². The summed E-state index contributed by atoms with van der Waals surface area (Å²) >= 11 is 0. The fourth-order valence-corrected chi connectivity index (χ4v) is 0.806. The molecular formula is C8H9FN2O. The maximum atomic E-state index is 12.5. The van der Waals surface area contributed by atoms with E-state index < -0.39 is 5.95 Å². The van der Waals surface area contributed by atoms with E-state index in [9.17, 15) is 9.18 Å². The first-order valence-corrected chi connectivity index (χ1v) is 3.63. The van der Waals surface area contributed by atoms with Crippen LogP contribution >= 0.6 is 0 Å². The molecule has 0 aliphatic rings. The lowest BCUT2D eigenvalue weighted by molar-refractivity contribution is 0.0955. The van der Waals surface area contributed by atoms with Gasteiger partial charge < -0.3 is 5.32 Å². The molecule has 12 heavy (non-hydrogen) atoms. The third-order valence-electron chi connectivity index (χ3n) is 1.33. The van der Waals surface area contributed by atoms with Crippen molar-refractivity contribution in [2.75, 3.05) is 6.54 Å². The molecule has 1 aromatic rings. The minimum Gasteiger partial charge on any atom is -0.352 e. The van der Waals surface area contributed by atoms with Crippen LogP contribution in [0.2, 0.25) is 0 Å². The van der Waals surface area contributed by atoms with Crippen LogP contribution in [0, 0.1) is 5.95 Å². The first-order chi connectivity index (χ1) is 5.74. The molecular weight excluding hydrogens is 159 g/mol. The van der Waals surface area contributed by atoms with Crippen LogP contribution in [0.25, 0.3) is 0 Å². The Kier molecular flexibility index (Phi) is 2.74. The van der Waals surface area contributed by atoms with Gasteiger partial charge in [0, 0.05) is 24.4 Å². The number of carbonyl (C=O) groups excluding carboxylic acids is 1. The molecule has 1 rings (SSSR count). The van der Waals surface area contributed by atoms with Gasteiger partial charge in [-0.3, -0.25) is 4.79 Å². The number of rotatable bonds is 2. The largest absolute Gasteiger partial charge is 0.352 e. The summed E-state index contributed by atoms with van der Waals surface area (Å²) in [7, 11) is 0. The molecule has 0 aliphatic carbocycles. The number of aromatic nitrogens is 1. The van der Waals surface area contributed by atoms with E-state index in [4.69, 9.17) is 0 Å². The second-order valence-electron chi connectivity index (χ2n) is 2.23. The number of halogens is 1. The van der Waals surface area contributed by atoms with Crippen LogP contribution in [0.1, 0.15) is 17.3 Å². The van der Waals surface area contributed by atoms with E-state index in [1.165, 1.54) is 12.3 Å². The first kappa shape index (κ1) is 8.64. The fourth-order valence-electron chi connectivity index (χ4n) is 0.806. The van der Waals surface area contributed by atoms with E-state index in [-0.39, 0.29) is 5.91 Å². The molecule has 1 amide bonds. The smallest absolute Gasteiger partial charge is 0.251 e. The normalized spacial score (nSPS) is 9.50. The number of hydrogen-bond acceptors (Lipinski definition) is 2. The van der Waals surface area contributed by atoms with Crippen molar-refractivity contribution >= 4 is 5.91 Å². The summed E-state index contributed by atoms with van der Waals surface area (Å²) in [4.78, 5) is 14.4. The van der Waals surface area contributed by atoms with Crippen molar-refractivity contribution in [3.05, 3.63) is 29.8 Å². The van der Waals surface area contributed by atoms with Crippen molar-refractivity contribution in [3.8, 4) is 0 Å². The predicted molar refractivity (Wildman–Crippen MR) is 42.2 cm³/mol. The highest BCUT2D eigenvalue weighted by Gasteiger charge is 2.04. The van der Waals surface area contributed by atoms with Crippen LogP contribution < -0.4 is 5.32 Å². The maximum absolute atomic E-state index is 12.5. The van der Waals surface area contributed by atoms with Gasteiger partial charge in [-0.2, -0.15) is 4.39 Å². The molecule has 1 aromatic heterocycles. The lowest BCUT2D eigenvalue weighted by atomic mass is 10.2. The highest BCUT2D eigenvalue weighted by molar-refractivity contribution is 5.93. The maximum Gasteiger partial charge on any atom is 0.251 e. The molecule has 0 unspecified atom stereocenters. The van der Waals surface area contributed by atoms with Gasteiger partial charge in [-0.25, -0.2) is 4.98 Å². The Bertz CT molecular complexity index is 288. The molecule has 0 aliphatic heterocycles. The topological polar surface area (TPSA) is 42.0 Å². The van der Waals surface area contributed by atoms with E-state index >= 15 is 0 Å². The van der Waals surface area contributed by atoms with Crippen LogP contribution in [-0.2, 0) is 0 Å². The number of nitrogens with zero attached hydrogens (tertiary/aromatic N) is 1.